The van der Waals surface area contributed by atoms with E-state index in [1.54, 1.807) is 38.1 Å². The van der Waals surface area contributed by atoms with Gasteiger partial charge in [-0.25, -0.2) is 4.79 Å². The van der Waals surface area contributed by atoms with Crippen LogP contribution in [-0.2, 0) is 20.9 Å². The van der Waals surface area contributed by atoms with E-state index in [4.69, 9.17) is 9.47 Å². The van der Waals surface area contributed by atoms with Crippen LogP contribution in [0.15, 0.2) is 66.2 Å². The van der Waals surface area contributed by atoms with Gasteiger partial charge < -0.3 is 14.8 Å². The monoisotopic (exact) mass is 353 g/mol. The van der Waals surface area contributed by atoms with Gasteiger partial charge in [0.25, 0.3) is 5.91 Å². The van der Waals surface area contributed by atoms with Gasteiger partial charge in [0, 0.05) is 11.8 Å². The predicted octanol–water partition coefficient (Wildman–Crippen LogP) is 4.10. The minimum Gasteiger partial charge on any atom is -0.489 e. The van der Waals surface area contributed by atoms with Gasteiger partial charge in [0.15, 0.2) is 6.10 Å². The first-order valence-corrected chi connectivity index (χ1v) is 8.37. The van der Waals surface area contributed by atoms with Crippen LogP contribution in [0.25, 0.3) is 0 Å². The van der Waals surface area contributed by atoms with Crippen LogP contribution in [0.2, 0.25) is 0 Å². The molecule has 0 saturated heterocycles. The Balaban J connectivity index is 1.85. The van der Waals surface area contributed by atoms with Crippen molar-refractivity contribution >= 4 is 17.6 Å². The molecule has 0 bridgehead atoms. The van der Waals surface area contributed by atoms with Crippen LogP contribution in [0, 0.1) is 0 Å². The van der Waals surface area contributed by atoms with Crippen molar-refractivity contribution in [3.63, 3.8) is 0 Å². The summed E-state index contributed by atoms with van der Waals surface area (Å²) in [7, 11) is 0. The van der Waals surface area contributed by atoms with Crippen LogP contribution in [-0.4, -0.2) is 18.0 Å². The van der Waals surface area contributed by atoms with E-state index in [9.17, 15) is 9.59 Å². The summed E-state index contributed by atoms with van der Waals surface area (Å²) in [5, 5.41) is 2.71. The van der Waals surface area contributed by atoms with E-state index in [0.29, 0.717) is 18.0 Å². The SMILES string of the molecule is CC(C)=CC(=O)O[C@@H](C)C(=O)Nc1ccc(OCc2ccccc2)cc1. The number of rotatable bonds is 7. The van der Waals surface area contributed by atoms with Crippen molar-refractivity contribution in [3.8, 4) is 5.75 Å². The van der Waals surface area contributed by atoms with Gasteiger partial charge in [-0.05, 0) is 50.6 Å². The number of amides is 1. The molecule has 1 atom stereocenters. The number of anilines is 1. The quantitative estimate of drug-likeness (QED) is 0.601. The van der Waals surface area contributed by atoms with Crippen molar-refractivity contribution in [1.29, 1.82) is 0 Å². The molecule has 0 radical (unpaired) electrons. The largest absolute Gasteiger partial charge is 0.489 e. The van der Waals surface area contributed by atoms with Crippen molar-refractivity contribution in [2.45, 2.75) is 33.5 Å². The smallest absolute Gasteiger partial charge is 0.331 e. The Bertz CT molecular complexity index is 762. The van der Waals surface area contributed by atoms with E-state index in [1.165, 1.54) is 13.0 Å². The van der Waals surface area contributed by atoms with Gasteiger partial charge in [-0.15, -0.1) is 0 Å². The zero-order valence-corrected chi connectivity index (χ0v) is 15.2. The fourth-order valence-corrected chi connectivity index (χ4v) is 2.12. The van der Waals surface area contributed by atoms with Crippen LogP contribution >= 0.6 is 0 Å². The van der Waals surface area contributed by atoms with Gasteiger partial charge in [-0.1, -0.05) is 35.9 Å². The number of carbonyl (C=O) groups is 2. The Hall–Kier alpha value is -3.08. The highest BCUT2D eigenvalue weighted by atomic mass is 16.5. The normalized spacial score (nSPS) is 11.2. The van der Waals surface area contributed by atoms with Crippen molar-refractivity contribution in [1.82, 2.24) is 0 Å². The van der Waals surface area contributed by atoms with Crippen molar-refractivity contribution in [3.05, 3.63) is 71.8 Å². The van der Waals surface area contributed by atoms with Crippen LogP contribution in [0.5, 0.6) is 5.75 Å². The summed E-state index contributed by atoms with van der Waals surface area (Å²) >= 11 is 0. The second-order valence-electron chi connectivity index (χ2n) is 6.09. The molecule has 0 aromatic heterocycles. The highest BCUT2D eigenvalue weighted by Gasteiger charge is 2.16. The van der Waals surface area contributed by atoms with E-state index in [2.05, 4.69) is 5.32 Å². The molecule has 136 valence electrons. The summed E-state index contributed by atoms with van der Waals surface area (Å²) in [6.07, 6.45) is 0.468. The van der Waals surface area contributed by atoms with Crippen molar-refractivity contribution < 1.29 is 19.1 Å². The van der Waals surface area contributed by atoms with Crippen molar-refractivity contribution in [2.24, 2.45) is 0 Å². The number of ether oxygens (including phenoxy) is 2. The Kier molecular flexibility index (Phi) is 6.97. The molecule has 0 aliphatic rings. The second-order valence-corrected chi connectivity index (χ2v) is 6.09. The second kappa shape index (κ2) is 9.42. The number of benzene rings is 2. The molecule has 26 heavy (non-hydrogen) atoms. The lowest BCUT2D eigenvalue weighted by Gasteiger charge is -2.13. The van der Waals surface area contributed by atoms with E-state index in [0.717, 1.165) is 11.1 Å². The summed E-state index contributed by atoms with van der Waals surface area (Å²) in [5.74, 6) is -0.217. The summed E-state index contributed by atoms with van der Waals surface area (Å²) in [5.41, 5.74) is 2.50. The van der Waals surface area contributed by atoms with E-state index < -0.39 is 18.0 Å². The summed E-state index contributed by atoms with van der Waals surface area (Å²) in [6, 6.07) is 16.9. The van der Waals surface area contributed by atoms with Gasteiger partial charge in [0.05, 0.1) is 0 Å². The number of hydrogen-bond acceptors (Lipinski definition) is 4. The molecule has 1 N–H and O–H groups in total. The standard InChI is InChI=1S/C21H23NO4/c1-15(2)13-20(23)26-16(3)21(24)22-18-9-11-19(12-10-18)25-14-17-7-5-4-6-8-17/h4-13,16H,14H2,1-3H3,(H,22,24)/t16-/m0/s1. The highest BCUT2D eigenvalue weighted by molar-refractivity contribution is 5.96. The van der Waals surface area contributed by atoms with E-state index in [-0.39, 0.29) is 0 Å². The molecule has 0 fully saturated rings. The topological polar surface area (TPSA) is 64.6 Å². The molecule has 0 unspecified atom stereocenters. The highest BCUT2D eigenvalue weighted by Crippen LogP contribution is 2.17. The summed E-state index contributed by atoms with van der Waals surface area (Å²) in [4.78, 5) is 23.6. The third-order valence-electron chi connectivity index (χ3n) is 3.44. The van der Waals surface area contributed by atoms with Crippen LogP contribution in [0.1, 0.15) is 26.3 Å². The molecule has 0 saturated carbocycles. The summed E-state index contributed by atoms with van der Waals surface area (Å²) < 4.78 is 10.8. The summed E-state index contributed by atoms with van der Waals surface area (Å²) in [6.45, 7) is 5.58. The Labute approximate surface area is 153 Å². The lowest BCUT2D eigenvalue weighted by atomic mass is 10.2. The minimum absolute atomic E-state index is 0.390. The number of hydrogen-bond donors (Lipinski definition) is 1. The minimum atomic E-state index is -0.882. The van der Waals surface area contributed by atoms with Crippen LogP contribution in [0.3, 0.4) is 0 Å². The molecular weight excluding hydrogens is 330 g/mol. The Morgan fingerprint density at radius 3 is 2.31 bits per heavy atom. The average Bonchev–Trinajstić information content (AvgIpc) is 2.61. The first-order valence-electron chi connectivity index (χ1n) is 8.37. The first-order chi connectivity index (χ1) is 12.4. The molecule has 1 amide bonds. The van der Waals surface area contributed by atoms with Gasteiger partial charge in [0.2, 0.25) is 0 Å². The maximum atomic E-state index is 12.1. The number of nitrogens with one attached hydrogen (secondary N) is 1. The maximum Gasteiger partial charge on any atom is 0.331 e. The fraction of sp³-hybridized carbons (Fsp3) is 0.238. The number of esters is 1. The fourth-order valence-electron chi connectivity index (χ4n) is 2.12. The molecule has 2 aromatic rings. The predicted molar refractivity (Wildman–Crippen MR) is 101 cm³/mol. The van der Waals surface area contributed by atoms with Gasteiger partial charge in [-0.2, -0.15) is 0 Å². The van der Waals surface area contributed by atoms with Crippen molar-refractivity contribution in [2.75, 3.05) is 5.32 Å². The lowest BCUT2D eigenvalue weighted by molar-refractivity contribution is -0.148. The third kappa shape index (κ3) is 6.43. The van der Waals surface area contributed by atoms with Crippen LogP contribution < -0.4 is 10.1 Å². The molecule has 5 heteroatoms. The maximum absolute atomic E-state index is 12.1. The molecular formula is C21H23NO4. The van der Waals surface area contributed by atoms with Gasteiger partial charge in [-0.3, -0.25) is 4.79 Å². The molecule has 5 nitrogen and oxygen atoms in total. The first kappa shape index (κ1) is 19.2. The number of carbonyl (C=O) groups excluding carboxylic acids is 2. The zero-order chi connectivity index (χ0) is 18.9. The molecule has 0 aliphatic heterocycles. The Morgan fingerprint density at radius 1 is 1.04 bits per heavy atom. The number of allylic oxidation sites excluding steroid dienone is 1. The zero-order valence-electron chi connectivity index (χ0n) is 15.2. The van der Waals surface area contributed by atoms with E-state index in [1.807, 2.05) is 30.3 Å². The van der Waals surface area contributed by atoms with E-state index >= 15 is 0 Å². The molecule has 2 rings (SSSR count). The molecule has 0 spiro atoms. The average molecular weight is 353 g/mol. The molecule has 0 heterocycles. The van der Waals surface area contributed by atoms with Crippen LogP contribution in [0.4, 0.5) is 5.69 Å². The molecule has 0 aliphatic carbocycles. The van der Waals surface area contributed by atoms with Gasteiger partial charge >= 0.3 is 5.97 Å². The third-order valence-corrected chi connectivity index (χ3v) is 3.44. The molecule has 2 aromatic carbocycles. The lowest BCUT2D eigenvalue weighted by Crippen LogP contribution is -2.29. The Morgan fingerprint density at radius 2 is 1.69 bits per heavy atom. The van der Waals surface area contributed by atoms with Gasteiger partial charge in [0.1, 0.15) is 12.4 Å².